The van der Waals surface area contributed by atoms with Crippen LogP contribution in [0.4, 0.5) is 0 Å². The molecule has 2 aromatic rings. The number of fused-ring (bicyclic) bond motifs is 2. The summed E-state index contributed by atoms with van der Waals surface area (Å²) < 4.78 is 11.1. The summed E-state index contributed by atoms with van der Waals surface area (Å²) in [6.07, 6.45) is 0. The highest BCUT2D eigenvalue weighted by atomic mass is 16.5. The van der Waals surface area contributed by atoms with Gasteiger partial charge in [-0.05, 0) is 39.0 Å². The standard InChI is InChI=1S/C19H18O4/c1-4-22-16-9-14-15(10-17(16)23-5-2)19(21)13-8-11(3)6-7-12(13)18(14)20/h6-10H,4-5H2,1-3H3. The third kappa shape index (κ3) is 2.50. The van der Waals surface area contributed by atoms with Gasteiger partial charge in [-0.2, -0.15) is 0 Å². The predicted molar refractivity (Wildman–Crippen MR) is 86.8 cm³/mol. The van der Waals surface area contributed by atoms with E-state index in [2.05, 4.69) is 0 Å². The summed E-state index contributed by atoms with van der Waals surface area (Å²) in [4.78, 5) is 25.5. The van der Waals surface area contributed by atoms with Crippen molar-refractivity contribution in [3.8, 4) is 11.5 Å². The van der Waals surface area contributed by atoms with Crippen molar-refractivity contribution in [1.29, 1.82) is 0 Å². The molecule has 0 aliphatic heterocycles. The Kier molecular flexibility index (Phi) is 3.90. The summed E-state index contributed by atoms with van der Waals surface area (Å²) in [6.45, 7) is 6.53. The summed E-state index contributed by atoms with van der Waals surface area (Å²) >= 11 is 0. The van der Waals surface area contributed by atoms with Crippen LogP contribution < -0.4 is 9.47 Å². The van der Waals surface area contributed by atoms with Crippen LogP contribution in [0.1, 0.15) is 51.3 Å². The van der Waals surface area contributed by atoms with Gasteiger partial charge in [-0.3, -0.25) is 9.59 Å². The third-order valence-corrected chi connectivity index (χ3v) is 3.84. The lowest BCUT2D eigenvalue weighted by molar-refractivity contribution is 0.0978. The molecule has 3 rings (SSSR count). The van der Waals surface area contributed by atoms with E-state index in [1.54, 1.807) is 24.3 Å². The summed E-state index contributed by atoms with van der Waals surface area (Å²) in [5.74, 6) is 0.677. The molecule has 23 heavy (non-hydrogen) atoms. The number of hydrogen-bond donors (Lipinski definition) is 0. The van der Waals surface area contributed by atoms with E-state index in [0.29, 0.717) is 47.0 Å². The first kappa shape index (κ1) is 15.3. The fourth-order valence-electron chi connectivity index (χ4n) is 2.81. The van der Waals surface area contributed by atoms with Gasteiger partial charge in [-0.25, -0.2) is 0 Å². The summed E-state index contributed by atoms with van der Waals surface area (Å²) in [5.41, 5.74) is 2.59. The molecule has 0 amide bonds. The van der Waals surface area contributed by atoms with Gasteiger partial charge >= 0.3 is 0 Å². The van der Waals surface area contributed by atoms with E-state index in [9.17, 15) is 9.59 Å². The fourth-order valence-corrected chi connectivity index (χ4v) is 2.81. The number of hydrogen-bond acceptors (Lipinski definition) is 4. The zero-order valence-electron chi connectivity index (χ0n) is 13.4. The van der Waals surface area contributed by atoms with Gasteiger partial charge in [-0.1, -0.05) is 17.7 Å². The van der Waals surface area contributed by atoms with Crippen molar-refractivity contribution in [2.45, 2.75) is 20.8 Å². The molecule has 0 bridgehead atoms. The van der Waals surface area contributed by atoms with Gasteiger partial charge in [-0.15, -0.1) is 0 Å². The Morgan fingerprint density at radius 2 is 1.22 bits per heavy atom. The number of ether oxygens (including phenoxy) is 2. The lowest BCUT2D eigenvalue weighted by atomic mass is 9.83. The van der Waals surface area contributed by atoms with Gasteiger partial charge in [0.25, 0.3) is 0 Å². The van der Waals surface area contributed by atoms with E-state index in [4.69, 9.17) is 9.47 Å². The van der Waals surface area contributed by atoms with Crippen LogP contribution in [0.5, 0.6) is 11.5 Å². The van der Waals surface area contributed by atoms with Gasteiger partial charge < -0.3 is 9.47 Å². The van der Waals surface area contributed by atoms with Crippen molar-refractivity contribution < 1.29 is 19.1 Å². The van der Waals surface area contributed by atoms with Crippen LogP contribution in [0.15, 0.2) is 30.3 Å². The molecule has 0 radical (unpaired) electrons. The molecule has 0 saturated carbocycles. The van der Waals surface area contributed by atoms with Crippen molar-refractivity contribution in [2.75, 3.05) is 13.2 Å². The summed E-state index contributed by atoms with van der Waals surface area (Å²) in [5, 5.41) is 0. The Morgan fingerprint density at radius 1 is 0.739 bits per heavy atom. The Labute approximate surface area is 135 Å². The maximum Gasteiger partial charge on any atom is 0.194 e. The molecule has 4 heteroatoms. The number of ketones is 2. The van der Waals surface area contributed by atoms with Crippen LogP contribution >= 0.6 is 0 Å². The quantitative estimate of drug-likeness (QED) is 0.739. The zero-order valence-corrected chi connectivity index (χ0v) is 13.4. The van der Waals surface area contributed by atoms with E-state index in [1.807, 2.05) is 26.8 Å². The van der Waals surface area contributed by atoms with Gasteiger partial charge in [0, 0.05) is 22.3 Å². The number of carbonyl (C=O) groups is 2. The molecule has 0 atom stereocenters. The van der Waals surface area contributed by atoms with Crippen molar-refractivity contribution in [2.24, 2.45) is 0 Å². The second-order valence-electron chi connectivity index (χ2n) is 5.42. The molecule has 4 nitrogen and oxygen atoms in total. The molecule has 118 valence electrons. The molecule has 0 saturated heterocycles. The minimum atomic E-state index is -0.154. The highest BCUT2D eigenvalue weighted by molar-refractivity contribution is 6.28. The summed E-state index contributed by atoms with van der Waals surface area (Å²) in [6, 6.07) is 8.55. The molecule has 0 heterocycles. The molecule has 0 unspecified atom stereocenters. The van der Waals surface area contributed by atoms with E-state index in [-0.39, 0.29) is 11.6 Å². The lowest BCUT2D eigenvalue weighted by Gasteiger charge is -2.20. The highest BCUT2D eigenvalue weighted by Gasteiger charge is 2.31. The smallest absolute Gasteiger partial charge is 0.194 e. The first-order chi connectivity index (χ1) is 11.1. The van der Waals surface area contributed by atoms with E-state index in [0.717, 1.165) is 5.56 Å². The van der Waals surface area contributed by atoms with Crippen molar-refractivity contribution in [3.05, 3.63) is 58.1 Å². The Bertz CT molecular complexity index is 805. The van der Waals surface area contributed by atoms with Crippen LogP contribution in [0, 0.1) is 6.92 Å². The maximum absolute atomic E-state index is 12.8. The number of benzene rings is 2. The molecule has 0 fully saturated rings. The largest absolute Gasteiger partial charge is 0.490 e. The number of carbonyl (C=O) groups excluding carboxylic acids is 2. The van der Waals surface area contributed by atoms with Gasteiger partial charge in [0.15, 0.2) is 23.1 Å². The van der Waals surface area contributed by atoms with E-state index >= 15 is 0 Å². The average molecular weight is 310 g/mol. The van der Waals surface area contributed by atoms with Crippen molar-refractivity contribution in [3.63, 3.8) is 0 Å². The average Bonchev–Trinajstić information content (AvgIpc) is 2.54. The topological polar surface area (TPSA) is 52.6 Å². The van der Waals surface area contributed by atoms with Gasteiger partial charge in [0.2, 0.25) is 0 Å². The van der Waals surface area contributed by atoms with E-state index < -0.39 is 0 Å². The summed E-state index contributed by atoms with van der Waals surface area (Å²) in [7, 11) is 0. The SMILES string of the molecule is CCOc1cc2c(cc1OCC)C(=O)c1cc(C)ccc1C2=O. The Balaban J connectivity index is 2.20. The molecule has 0 spiro atoms. The minimum Gasteiger partial charge on any atom is -0.490 e. The van der Waals surface area contributed by atoms with Gasteiger partial charge in [0.05, 0.1) is 13.2 Å². The molecule has 2 aromatic carbocycles. The second-order valence-corrected chi connectivity index (χ2v) is 5.42. The van der Waals surface area contributed by atoms with Crippen LogP contribution in [0.25, 0.3) is 0 Å². The molecule has 0 N–H and O–H groups in total. The molecular weight excluding hydrogens is 292 g/mol. The van der Waals surface area contributed by atoms with Crippen molar-refractivity contribution >= 4 is 11.6 Å². The van der Waals surface area contributed by atoms with Crippen LogP contribution in [-0.2, 0) is 0 Å². The monoisotopic (exact) mass is 310 g/mol. The lowest BCUT2D eigenvalue weighted by Crippen LogP contribution is -2.21. The Morgan fingerprint density at radius 3 is 1.74 bits per heavy atom. The number of aryl methyl sites for hydroxylation is 1. The molecule has 0 aromatic heterocycles. The normalized spacial score (nSPS) is 12.7. The van der Waals surface area contributed by atoms with Gasteiger partial charge in [0.1, 0.15) is 0 Å². The second kappa shape index (κ2) is 5.88. The first-order valence-corrected chi connectivity index (χ1v) is 7.70. The molecular formula is C19H18O4. The predicted octanol–water partition coefficient (Wildman–Crippen LogP) is 3.57. The number of rotatable bonds is 4. The van der Waals surface area contributed by atoms with E-state index in [1.165, 1.54) is 0 Å². The Hall–Kier alpha value is -2.62. The molecule has 1 aliphatic rings. The van der Waals surface area contributed by atoms with Crippen molar-refractivity contribution in [1.82, 2.24) is 0 Å². The minimum absolute atomic E-state index is 0.151. The van der Waals surface area contributed by atoms with Crippen LogP contribution in [-0.4, -0.2) is 24.8 Å². The molecule has 1 aliphatic carbocycles. The van der Waals surface area contributed by atoms with Crippen LogP contribution in [0.2, 0.25) is 0 Å². The van der Waals surface area contributed by atoms with Crippen LogP contribution in [0.3, 0.4) is 0 Å². The first-order valence-electron chi connectivity index (χ1n) is 7.70. The fraction of sp³-hybridized carbons (Fsp3) is 0.263. The third-order valence-electron chi connectivity index (χ3n) is 3.84. The zero-order chi connectivity index (χ0) is 16.6. The maximum atomic E-state index is 12.8. The highest BCUT2D eigenvalue weighted by Crippen LogP contribution is 2.36.